The first-order valence-corrected chi connectivity index (χ1v) is 6.05. The Labute approximate surface area is 181 Å². The van der Waals surface area contributed by atoms with Crippen LogP contribution in [0.4, 0.5) is 0 Å². The first-order chi connectivity index (χ1) is 12.0. The van der Waals surface area contributed by atoms with Crippen LogP contribution in [0.15, 0.2) is 0 Å². The Morgan fingerprint density at radius 1 is 0.700 bits per heavy atom. The minimum absolute atomic E-state index is 0. The average Bonchev–Trinajstić information content (AvgIpc) is 2.61. The van der Waals surface area contributed by atoms with Gasteiger partial charge < -0.3 is 32.3 Å². The second-order valence-electron chi connectivity index (χ2n) is 2.65. The molecular formula is C16H51B2Fm2N4O6+. The number of amides is 2. The summed E-state index contributed by atoms with van der Waals surface area (Å²) < 4.78 is 10.5. The van der Waals surface area contributed by atoms with Gasteiger partial charge in [0.1, 0.15) is 0 Å². The fourth-order valence-corrected chi connectivity index (χ4v) is 0. The maximum absolute atomic E-state index is 9.70. The van der Waals surface area contributed by atoms with Gasteiger partial charge in [0.05, 0.1) is 7.05 Å². The number of carboxylic acid groups (broad SMARTS) is 2. The van der Waals surface area contributed by atoms with Gasteiger partial charge in [-0.1, -0.05) is 29.7 Å². The standard InChI is InChI=1S/2C3H7NO.2C2H4O2.2CH5N.4CH4.2BH.2Fm/c2*1-3(5)4-2;2*1-2(3)4;2*1-2;;;;;;;;/h2*1-2H3,(H,4,5);2*1H3,(H,3,4);2*2H2,1H3;4*1H4;2*1H;;/p+1/i;;;;;;;;;;2*1T;;. The third-order valence-electron chi connectivity index (χ3n) is 0.704. The van der Waals surface area contributed by atoms with Crippen LogP contribution in [0.2, 0.25) is 0 Å². The van der Waals surface area contributed by atoms with Crippen molar-refractivity contribution in [2.24, 2.45) is 5.73 Å². The van der Waals surface area contributed by atoms with Crippen molar-refractivity contribution in [1.29, 1.82) is 2.67 Å². The van der Waals surface area contributed by atoms with Crippen LogP contribution in [0.25, 0.3) is 0 Å². The van der Waals surface area contributed by atoms with Crippen LogP contribution in [-0.2, 0) is 19.2 Å². The van der Waals surface area contributed by atoms with E-state index < -0.39 is 11.9 Å². The predicted octanol–water partition coefficient (Wildman–Crippen LogP) is -0.633. The molecule has 9 N–H and O–H groups in total. The van der Waals surface area contributed by atoms with Crippen molar-refractivity contribution in [1.82, 2.24) is 10.6 Å². The van der Waals surface area contributed by atoms with E-state index in [0.717, 1.165) is 13.8 Å². The maximum atomic E-state index is 9.70. The Morgan fingerprint density at radius 3 is 0.733 bits per heavy atom. The number of hydrogen-bond donors (Lipinski definition) is 6. The number of carbonyl (C=O) groups is 4. The maximum Gasteiger partial charge on any atom is 0.300 e. The van der Waals surface area contributed by atoms with Gasteiger partial charge in [-0.05, 0) is 9.72 Å². The fraction of sp³-hybridized carbons (Fsp3) is 0.750. The molecule has 0 unspecified atom stereocenters. The summed E-state index contributed by atoms with van der Waals surface area (Å²) in [5.74, 6) is -1.66. The summed E-state index contributed by atoms with van der Waals surface area (Å²) in [5, 5.41) is 19.6. The second kappa shape index (κ2) is 145. The predicted molar refractivity (Wildman–Crippen MR) is 126 cm³/mol. The van der Waals surface area contributed by atoms with Crippen molar-refractivity contribution in [3.05, 3.63) is 0 Å². The number of aliphatic carboxylic acids is 2. The first kappa shape index (κ1) is 83.1. The Bertz CT molecular complexity index is 261. The molecule has 4 radical (unpaired) electrons. The number of hydrogen-bond acceptors (Lipinski definition) is 5. The smallest absolute Gasteiger partial charge is 0.300 e. The molecule has 0 aromatic heterocycles. The van der Waals surface area contributed by atoms with Gasteiger partial charge in [0.25, 0.3) is 11.9 Å². The molecule has 2 amide bonds. The molecule has 0 aliphatic heterocycles. The summed E-state index contributed by atoms with van der Waals surface area (Å²) in [6.45, 7) is 5.11. The molecule has 0 aliphatic rings. The summed E-state index contributed by atoms with van der Waals surface area (Å²) in [4.78, 5) is 37.4. The van der Waals surface area contributed by atoms with E-state index in [4.69, 9.17) is 22.5 Å². The van der Waals surface area contributed by atoms with Crippen molar-refractivity contribution in [3.63, 3.8) is 0 Å². The molecule has 200 valence electrons. The Kier molecular flexibility index (Phi) is 401. The molecular weight excluding hydrogens is 880 g/mol. The summed E-state index contributed by atoms with van der Waals surface area (Å²) >= 11 is 0. The molecule has 0 saturated carbocycles. The van der Waals surface area contributed by atoms with E-state index in [9.17, 15) is 9.59 Å². The van der Waals surface area contributed by atoms with E-state index in [1.807, 2.05) is 0 Å². The first-order valence-electron chi connectivity index (χ1n) is 7.20. The van der Waals surface area contributed by atoms with Gasteiger partial charge in [0, 0.05) is 58.5 Å². The van der Waals surface area contributed by atoms with Crippen molar-refractivity contribution >= 4 is 40.5 Å². The molecule has 30 heavy (non-hydrogen) atoms. The van der Waals surface area contributed by atoms with Crippen molar-refractivity contribution in [2.45, 2.75) is 57.4 Å². The molecule has 0 fully saturated rings. The number of carbonyl (C=O) groups excluding carboxylic acids is 2. The molecule has 0 spiro atoms. The molecule has 0 aromatic rings. The average molecular weight is 935 g/mol. The molecule has 10 nitrogen and oxygen atoms in total. The largest absolute Gasteiger partial charge is 0.481 e. The topological polar surface area (TPSA) is 186 Å². The molecule has 0 aliphatic carbocycles. The normalized spacial score (nSPS) is 4.73. The van der Waals surface area contributed by atoms with Gasteiger partial charge in [0.15, 0.2) is 0 Å². The van der Waals surface area contributed by atoms with Crippen LogP contribution in [0.5, 0.6) is 0 Å². The van der Waals surface area contributed by atoms with Crippen LogP contribution in [0, 0.1) is 0 Å². The van der Waals surface area contributed by atoms with Crippen LogP contribution in [0.3, 0.4) is 0 Å². The summed E-state index contributed by atoms with van der Waals surface area (Å²) in [6, 6.07) is 0. The Morgan fingerprint density at radius 2 is 0.733 bits per heavy atom. The zero-order valence-electron chi connectivity index (χ0n) is 18.5. The summed E-state index contributed by atoms with van der Waals surface area (Å²) in [5.41, 5.74) is 7.75. The minimum atomic E-state index is -0.833. The van der Waals surface area contributed by atoms with E-state index in [0.29, 0.717) is 0 Å². The monoisotopic (exact) mass is 936 g/mol. The molecule has 0 bridgehead atoms. The van der Waals surface area contributed by atoms with Crippen LogP contribution in [0.1, 0.15) is 57.4 Å². The Hall–Kier alpha value is -4.07. The third kappa shape index (κ3) is 2560000. The number of nitrogens with one attached hydrogen (secondary N) is 2. The van der Waals surface area contributed by atoms with Gasteiger partial charge in [-0.15, -0.1) is 0 Å². The van der Waals surface area contributed by atoms with Crippen LogP contribution < -0.4 is 22.1 Å². The van der Waals surface area contributed by atoms with Gasteiger partial charge in [-0.3, -0.25) is 19.2 Å². The zero-order chi connectivity index (χ0) is 23.7. The summed E-state index contributed by atoms with van der Waals surface area (Å²) in [7, 11) is 13.9. The van der Waals surface area contributed by atoms with Gasteiger partial charge in [-0.2, -0.15) is 0 Å². The van der Waals surface area contributed by atoms with E-state index in [1.165, 1.54) is 20.9 Å². The minimum Gasteiger partial charge on any atom is -0.481 e. The molecule has 0 aromatic carbocycles. The number of quaternary nitrogens is 1. The van der Waals surface area contributed by atoms with E-state index in [1.54, 1.807) is 21.1 Å². The van der Waals surface area contributed by atoms with Crippen molar-refractivity contribution in [3.8, 4) is 0 Å². The number of rotatable bonds is 0. The van der Waals surface area contributed by atoms with Crippen LogP contribution in [-0.4, -0.2) is 81.6 Å². The molecule has 0 atom stereocenters. The molecule has 14 heteroatoms. The van der Waals surface area contributed by atoms with Crippen LogP contribution >= 0.6 is 0 Å². The molecule has 0 heterocycles. The van der Waals surface area contributed by atoms with Gasteiger partial charge >= 0.3 is 0 Å². The fourth-order valence-electron chi connectivity index (χ4n) is 0. The van der Waals surface area contributed by atoms with Gasteiger partial charge in [0.2, 0.25) is 11.8 Å². The van der Waals surface area contributed by atoms with E-state index in [2.05, 4.69) is 38.9 Å². The zero-order valence-corrected chi connectivity index (χ0v) is 21.4. The molecule has 0 saturated heterocycles. The van der Waals surface area contributed by atoms with Crippen molar-refractivity contribution < 1.29 is 35.1 Å². The third-order valence-corrected chi connectivity index (χ3v) is 0.704. The van der Waals surface area contributed by atoms with Crippen molar-refractivity contribution in [2.75, 3.05) is 28.2 Å². The van der Waals surface area contributed by atoms with E-state index in [-0.39, 0.29) is 41.5 Å². The Balaban J connectivity index is -0.00000000966. The quantitative estimate of drug-likeness (QED) is 0.175. The molecule has 0 rings (SSSR count). The number of nitrogens with two attached hydrogens (primary N) is 1. The van der Waals surface area contributed by atoms with E-state index >= 15 is 0 Å². The SMILES string of the molecule is C.C.C.C.CC(=O)O.CC(=O)O.CN.CNC(C)=O.CNC(C)=O.C[NH3+].[3H][B].[3H][B].[Fm].[Fm]. The van der Waals surface area contributed by atoms with Gasteiger partial charge in [-0.25, -0.2) is 0 Å². The second-order valence-corrected chi connectivity index (χ2v) is 2.65. The summed E-state index contributed by atoms with van der Waals surface area (Å²) in [6.07, 6.45) is 0. The number of carboxylic acids is 2.